The van der Waals surface area contributed by atoms with Crippen LogP contribution in [-0.2, 0) is 52.7 Å². The molecule has 2 aliphatic rings. The van der Waals surface area contributed by atoms with Crippen molar-refractivity contribution >= 4 is 59.0 Å². The van der Waals surface area contributed by atoms with Crippen molar-refractivity contribution in [3.63, 3.8) is 0 Å². The lowest BCUT2D eigenvalue weighted by atomic mass is 9.82. The van der Waals surface area contributed by atoms with E-state index in [9.17, 15) is 48.3 Å². The van der Waals surface area contributed by atoms with Gasteiger partial charge < -0.3 is 46.4 Å². The number of esters is 1. The molecule has 7 atom stereocenters. The van der Waals surface area contributed by atoms with Gasteiger partial charge >= 0.3 is 17.9 Å². The number of ketones is 2. The first-order valence-electron chi connectivity index (χ1n) is 24.1. The third-order valence-electron chi connectivity index (χ3n) is 12.5. The number of ether oxygens (including phenoxy) is 1. The summed E-state index contributed by atoms with van der Waals surface area (Å²) in [5.74, 6) is -9.31. The minimum Gasteiger partial charge on any atom is -0.481 e. The molecular weight excluding hydrogens is 893 g/mol. The van der Waals surface area contributed by atoms with Gasteiger partial charge in [0.1, 0.15) is 25.2 Å². The van der Waals surface area contributed by atoms with Crippen molar-refractivity contribution in [1.29, 1.82) is 0 Å². The first-order valence-corrected chi connectivity index (χ1v) is 24.1. The molecule has 1 saturated heterocycles. The molecule has 0 aromatic heterocycles. The zero-order valence-corrected chi connectivity index (χ0v) is 40.4. The number of amides is 5. The predicted molar refractivity (Wildman–Crippen MR) is 254 cm³/mol. The summed E-state index contributed by atoms with van der Waals surface area (Å²) in [4.78, 5) is 131. The SMILES string of the molecule is C=CCOC(=O)CNC(=O)C(=O)C(CCC)NC[C@@H]1CC[C@H](c2ccccc2)N1C(=O)C(NC(=O)C(NC(=O)C(/C=C/CC(=O)[C@H](CCC(=O)O)NC(C)=O)CCC(=O)O)C(C)C)C1CCCCC1. The van der Waals surface area contributed by atoms with Crippen LogP contribution in [0, 0.1) is 17.8 Å². The molecule has 1 saturated carbocycles. The fourth-order valence-corrected chi connectivity index (χ4v) is 8.87. The third kappa shape index (κ3) is 19.0. The number of nitrogens with one attached hydrogen (secondary N) is 5. The standard InChI is InChI=1S/C50H72N6O13/c1-6-15-38(46(64)49(67)52-30-43(63)69-28-7-2)51-29-36-23-25-39(33-16-10-8-11-17-33)56(36)50(68)45(34-18-12-9-13-19-34)55-48(66)44(31(3)4)54-47(65)35(22-26-41(59)60)20-14-21-40(58)37(53-32(5)57)24-27-42(61)62/h7-8,10-11,14,16-17,20,31,34-39,44-45,51H,2,6,9,12-13,15,18-19,21-30H2,1,3-5H3,(H,52,67)(H,53,57)(H,54,65)(H,55,66)(H,59,60)(H,61,62)/b20-14+/t35?,36-,37-,38?,39+,44?,45?/m0/s1. The largest absolute Gasteiger partial charge is 0.481 e. The van der Waals surface area contributed by atoms with Crippen LogP contribution in [0.2, 0.25) is 0 Å². The number of allylic oxidation sites excluding steroid dienone is 1. The summed E-state index contributed by atoms with van der Waals surface area (Å²) in [5.41, 5.74) is 0.881. The summed E-state index contributed by atoms with van der Waals surface area (Å²) in [6.07, 6.45) is 8.60. The normalized spacial score (nSPS) is 18.2. The van der Waals surface area contributed by atoms with Crippen LogP contribution in [0.15, 0.2) is 55.1 Å². The second-order valence-corrected chi connectivity index (χ2v) is 18.1. The molecule has 0 radical (unpaired) electrons. The van der Waals surface area contributed by atoms with Crippen LogP contribution < -0.4 is 26.6 Å². The van der Waals surface area contributed by atoms with Gasteiger partial charge in [-0.25, -0.2) is 0 Å². The number of carbonyl (C=O) groups excluding carboxylic acids is 8. The van der Waals surface area contributed by atoms with Crippen molar-refractivity contribution in [1.82, 2.24) is 31.5 Å². The fraction of sp³-hybridized carbons (Fsp3) is 0.600. The summed E-state index contributed by atoms with van der Waals surface area (Å²) < 4.78 is 4.89. The molecular formula is C50H72N6O13. The van der Waals surface area contributed by atoms with E-state index in [1.54, 1.807) is 18.7 Å². The Morgan fingerprint density at radius 3 is 2.10 bits per heavy atom. The maximum atomic E-state index is 15.3. The molecule has 1 heterocycles. The Labute approximate surface area is 404 Å². The van der Waals surface area contributed by atoms with Crippen LogP contribution in [0.4, 0.5) is 0 Å². The van der Waals surface area contributed by atoms with E-state index in [0.717, 1.165) is 24.8 Å². The molecule has 5 amide bonds. The summed E-state index contributed by atoms with van der Waals surface area (Å²) in [5, 5.41) is 32.4. The van der Waals surface area contributed by atoms with E-state index in [1.807, 2.05) is 37.3 Å². The van der Waals surface area contributed by atoms with Gasteiger partial charge in [-0.2, -0.15) is 0 Å². The number of hydrogen-bond donors (Lipinski definition) is 7. The number of aliphatic carboxylic acids is 2. The summed E-state index contributed by atoms with van der Waals surface area (Å²) in [6, 6.07) is 4.45. The van der Waals surface area contributed by atoms with Gasteiger partial charge in [-0.3, -0.25) is 47.9 Å². The van der Waals surface area contributed by atoms with Crippen molar-refractivity contribution in [3.8, 4) is 0 Å². The average Bonchev–Trinajstić information content (AvgIpc) is 3.75. The van der Waals surface area contributed by atoms with E-state index in [1.165, 1.54) is 25.2 Å². The average molecular weight is 965 g/mol. The van der Waals surface area contributed by atoms with Crippen molar-refractivity contribution in [2.45, 2.75) is 154 Å². The highest BCUT2D eigenvalue weighted by atomic mass is 16.5. The number of carbonyl (C=O) groups is 10. The summed E-state index contributed by atoms with van der Waals surface area (Å²) in [6.45, 7) is 9.57. The van der Waals surface area contributed by atoms with E-state index in [4.69, 9.17) is 9.84 Å². The second kappa shape index (κ2) is 29.6. The molecule has 2 fully saturated rings. The van der Waals surface area contributed by atoms with Crippen molar-refractivity contribution in [2.24, 2.45) is 17.8 Å². The number of Topliss-reactive ketones (excluding diaryl/α,β-unsaturated/α-hetero) is 2. The van der Waals surface area contributed by atoms with Crippen LogP contribution in [0.25, 0.3) is 0 Å². The van der Waals surface area contributed by atoms with Crippen molar-refractivity contribution in [2.75, 3.05) is 19.7 Å². The van der Waals surface area contributed by atoms with Gasteiger partial charge in [0.25, 0.3) is 5.91 Å². The number of carboxylic acid groups (broad SMARTS) is 2. The molecule has 19 nitrogen and oxygen atoms in total. The first-order chi connectivity index (χ1) is 32.9. The Kier molecular flexibility index (Phi) is 24.5. The quantitative estimate of drug-likeness (QED) is 0.0331. The molecule has 4 unspecified atom stereocenters. The maximum Gasteiger partial charge on any atom is 0.325 e. The molecule has 1 aromatic rings. The molecule has 19 heteroatoms. The Balaban J connectivity index is 1.90. The smallest absolute Gasteiger partial charge is 0.325 e. The first kappa shape index (κ1) is 57.1. The van der Waals surface area contributed by atoms with Gasteiger partial charge in [-0.05, 0) is 62.3 Å². The van der Waals surface area contributed by atoms with Crippen LogP contribution in [0.3, 0.4) is 0 Å². The summed E-state index contributed by atoms with van der Waals surface area (Å²) >= 11 is 0. The monoisotopic (exact) mass is 965 g/mol. The molecule has 3 rings (SSSR count). The fourth-order valence-electron chi connectivity index (χ4n) is 8.87. The Morgan fingerprint density at radius 2 is 1.49 bits per heavy atom. The van der Waals surface area contributed by atoms with Gasteiger partial charge in [0.05, 0.1) is 24.0 Å². The third-order valence-corrected chi connectivity index (χ3v) is 12.5. The van der Waals surface area contributed by atoms with E-state index >= 15 is 4.79 Å². The molecule has 7 N–H and O–H groups in total. The minimum atomic E-state index is -1.18. The minimum absolute atomic E-state index is 0.0463. The number of nitrogens with zero attached hydrogens (tertiary/aromatic N) is 1. The number of carboxylic acids is 2. The van der Waals surface area contributed by atoms with E-state index < -0.39 is 114 Å². The Bertz CT molecular complexity index is 1980. The topological polar surface area (TPSA) is 284 Å². The maximum absolute atomic E-state index is 15.3. The number of hydrogen-bond acceptors (Lipinski definition) is 12. The van der Waals surface area contributed by atoms with Gasteiger partial charge in [-0.15, -0.1) is 0 Å². The molecule has 0 spiro atoms. The number of benzene rings is 1. The lowest BCUT2D eigenvalue weighted by Gasteiger charge is -2.39. The van der Waals surface area contributed by atoms with Crippen LogP contribution in [0.5, 0.6) is 0 Å². The van der Waals surface area contributed by atoms with Gasteiger partial charge in [0.2, 0.25) is 29.4 Å². The van der Waals surface area contributed by atoms with Gasteiger partial charge in [0.15, 0.2) is 5.78 Å². The number of rotatable bonds is 30. The highest BCUT2D eigenvalue weighted by Gasteiger charge is 2.44. The van der Waals surface area contributed by atoms with E-state index in [-0.39, 0.29) is 50.7 Å². The second-order valence-electron chi connectivity index (χ2n) is 18.1. The van der Waals surface area contributed by atoms with Crippen molar-refractivity contribution < 1.29 is 62.9 Å². The van der Waals surface area contributed by atoms with Crippen molar-refractivity contribution in [3.05, 3.63) is 60.7 Å². The molecule has 1 aromatic carbocycles. The Morgan fingerprint density at radius 1 is 0.826 bits per heavy atom. The number of likely N-dealkylation sites (tertiary alicyclic amines) is 1. The predicted octanol–water partition coefficient (Wildman–Crippen LogP) is 3.46. The van der Waals surface area contributed by atoms with Gasteiger partial charge in [-0.1, -0.05) is 102 Å². The highest BCUT2D eigenvalue weighted by molar-refractivity contribution is 6.38. The van der Waals surface area contributed by atoms with Crippen LogP contribution >= 0.6 is 0 Å². The summed E-state index contributed by atoms with van der Waals surface area (Å²) in [7, 11) is 0. The van der Waals surface area contributed by atoms with Crippen LogP contribution in [-0.4, -0.2) is 124 Å². The molecule has 69 heavy (non-hydrogen) atoms. The molecule has 380 valence electrons. The van der Waals surface area contributed by atoms with E-state index in [2.05, 4.69) is 33.2 Å². The molecule has 1 aliphatic carbocycles. The lowest BCUT2D eigenvalue weighted by molar-refractivity contribution is -0.144. The Hall–Kier alpha value is -6.24. The zero-order valence-electron chi connectivity index (χ0n) is 40.4. The molecule has 0 bridgehead atoms. The molecule has 1 aliphatic heterocycles. The zero-order chi connectivity index (χ0) is 51.0. The van der Waals surface area contributed by atoms with Crippen LogP contribution in [0.1, 0.15) is 129 Å². The van der Waals surface area contributed by atoms with E-state index in [0.29, 0.717) is 38.5 Å². The highest BCUT2D eigenvalue weighted by Crippen LogP contribution is 2.38. The lowest BCUT2D eigenvalue weighted by Crippen LogP contribution is -2.60. The van der Waals surface area contributed by atoms with Gasteiger partial charge in [0, 0.05) is 38.8 Å².